The van der Waals surface area contributed by atoms with Crippen LogP contribution in [0.2, 0.25) is 0 Å². The van der Waals surface area contributed by atoms with E-state index in [0.29, 0.717) is 12.1 Å². The normalized spacial score (nSPS) is 9.67. The summed E-state index contributed by atoms with van der Waals surface area (Å²) in [5.41, 5.74) is 0.328. The molecule has 0 unspecified atom stereocenters. The van der Waals surface area contributed by atoms with Gasteiger partial charge in [-0.1, -0.05) is 6.08 Å². The Bertz CT molecular complexity index is 387. The van der Waals surface area contributed by atoms with Crippen molar-refractivity contribution in [2.24, 2.45) is 0 Å². The summed E-state index contributed by atoms with van der Waals surface area (Å²) in [5.74, 6) is -0.768. The average molecular weight is 207 g/mol. The molecule has 4 nitrogen and oxygen atoms in total. The summed E-state index contributed by atoms with van der Waals surface area (Å²) in [7, 11) is 1.63. The first-order valence-electron chi connectivity index (χ1n) is 4.44. The van der Waals surface area contributed by atoms with E-state index in [-0.39, 0.29) is 17.4 Å². The molecule has 2 N–H and O–H groups in total. The summed E-state index contributed by atoms with van der Waals surface area (Å²) in [6.07, 6.45) is 1.61. The molecule has 0 heterocycles. The standard InChI is InChI=1S/C11H13NO3/c1-3-6-12(2)11(15)8-4-5-9(13)10(14)7-8/h3-5,7,13-14H,1,6H2,2H3. The minimum atomic E-state index is -0.298. The minimum Gasteiger partial charge on any atom is -0.504 e. The lowest BCUT2D eigenvalue weighted by Gasteiger charge is -2.14. The van der Waals surface area contributed by atoms with Crippen molar-refractivity contribution in [3.05, 3.63) is 36.4 Å². The molecular formula is C11H13NO3. The van der Waals surface area contributed by atoms with Crippen molar-refractivity contribution in [3.8, 4) is 11.5 Å². The molecule has 1 rings (SSSR count). The predicted octanol–water partition coefficient (Wildman–Crippen LogP) is 1.36. The van der Waals surface area contributed by atoms with Crippen molar-refractivity contribution in [2.45, 2.75) is 0 Å². The van der Waals surface area contributed by atoms with E-state index < -0.39 is 0 Å². The van der Waals surface area contributed by atoms with Gasteiger partial charge >= 0.3 is 0 Å². The molecule has 0 aliphatic heterocycles. The third-order valence-corrected chi connectivity index (χ3v) is 1.97. The van der Waals surface area contributed by atoms with E-state index >= 15 is 0 Å². The average Bonchev–Trinajstić information content (AvgIpc) is 2.21. The Balaban J connectivity index is 2.91. The van der Waals surface area contributed by atoms with E-state index in [1.54, 1.807) is 13.1 Å². The van der Waals surface area contributed by atoms with Gasteiger partial charge in [-0.15, -0.1) is 6.58 Å². The molecule has 0 aromatic heterocycles. The Morgan fingerprint density at radius 2 is 2.13 bits per heavy atom. The molecule has 0 saturated heterocycles. The Labute approximate surface area is 88.1 Å². The van der Waals surface area contributed by atoms with Gasteiger partial charge in [0, 0.05) is 19.2 Å². The second-order valence-corrected chi connectivity index (χ2v) is 3.18. The maximum absolute atomic E-state index is 11.7. The number of aromatic hydroxyl groups is 2. The van der Waals surface area contributed by atoms with Gasteiger partial charge in [0.1, 0.15) is 0 Å². The molecule has 0 aliphatic rings. The van der Waals surface area contributed by atoms with Crippen LogP contribution in [0.5, 0.6) is 11.5 Å². The maximum atomic E-state index is 11.7. The first kappa shape index (κ1) is 11.1. The highest BCUT2D eigenvalue weighted by atomic mass is 16.3. The zero-order chi connectivity index (χ0) is 11.4. The highest BCUT2D eigenvalue weighted by Crippen LogP contribution is 2.25. The van der Waals surface area contributed by atoms with Crippen molar-refractivity contribution in [3.63, 3.8) is 0 Å². The molecule has 0 bridgehead atoms. The zero-order valence-electron chi connectivity index (χ0n) is 8.47. The van der Waals surface area contributed by atoms with Crippen LogP contribution in [0, 0.1) is 0 Å². The van der Waals surface area contributed by atoms with E-state index in [2.05, 4.69) is 6.58 Å². The highest BCUT2D eigenvalue weighted by molar-refractivity contribution is 5.94. The molecule has 0 spiro atoms. The molecular weight excluding hydrogens is 194 g/mol. The van der Waals surface area contributed by atoms with Gasteiger partial charge in [0.25, 0.3) is 5.91 Å². The lowest BCUT2D eigenvalue weighted by atomic mass is 10.2. The van der Waals surface area contributed by atoms with Gasteiger partial charge in [-0.2, -0.15) is 0 Å². The number of amides is 1. The number of hydrogen-bond donors (Lipinski definition) is 2. The van der Waals surface area contributed by atoms with Crippen LogP contribution in [0.1, 0.15) is 10.4 Å². The first-order chi connectivity index (χ1) is 7.06. The minimum absolute atomic E-state index is 0.231. The van der Waals surface area contributed by atoms with E-state index in [1.165, 1.54) is 23.1 Å². The van der Waals surface area contributed by atoms with Crippen LogP contribution in [0.4, 0.5) is 0 Å². The number of likely N-dealkylation sites (N-methyl/N-ethyl adjacent to an activating group) is 1. The molecule has 0 fully saturated rings. The number of rotatable bonds is 3. The van der Waals surface area contributed by atoms with Gasteiger partial charge in [-0.3, -0.25) is 4.79 Å². The third-order valence-electron chi connectivity index (χ3n) is 1.97. The monoisotopic (exact) mass is 207 g/mol. The van der Waals surface area contributed by atoms with Gasteiger partial charge in [-0.25, -0.2) is 0 Å². The van der Waals surface area contributed by atoms with Crippen LogP contribution in [-0.2, 0) is 0 Å². The summed E-state index contributed by atoms with van der Waals surface area (Å²) in [6.45, 7) is 3.96. The quantitative estimate of drug-likeness (QED) is 0.581. The van der Waals surface area contributed by atoms with Crippen molar-refractivity contribution < 1.29 is 15.0 Å². The van der Waals surface area contributed by atoms with Gasteiger partial charge in [0.15, 0.2) is 11.5 Å². The fourth-order valence-corrected chi connectivity index (χ4v) is 1.15. The summed E-state index contributed by atoms with van der Waals surface area (Å²) >= 11 is 0. The molecule has 0 saturated carbocycles. The molecule has 1 aromatic carbocycles. The summed E-state index contributed by atoms with van der Waals surface area (Å²) < 4.78 is 0. The van der Waals surface area contributed by atoms with Crippen LogP contribution >= 0.6 is 0 Å². The van der Waals surface area contributed by atoms with Crippen LogP contribution < -0.4 is 0 Å². The summed E-state index contributed by atoms with van der Waals surface area (Å²) in [6, 6.07) is 3.97. The van der Waals surface area contributed by atoms with Crippen molar-refractivity contribution >= 4 is 5.91 Å². The van der Waals surface area contributed by atoms with Crippen LogP contribution in [-0.4, -0.2) is 34.6 Å². The highest BCUT2D eigenvalue weighted by Gasteiger charge is 2.12. The molecule has 1 amide bonds. The maximum Gasteiger partial charge on any atom is 0.254 e. The molecule has 15 heavy (non-hydrogen) atoms. The predicted molar refractivity (Wildman–Crippen MR) is 56.9 cm³/mol. The molecule has 1 aromatic rings. The number of carbonyl (C=O) groups excluding carboxylic acids is 1. The lowest BCUT2D eigenvalue weighted by Crippen LogP contribution is -2.26. The van der Waals surface area contributed by atoms with Gasteiger partial charge in [0.2, 0.25) is 0 Å². The van der Waals surface area contributed by atoms with Gasteiger partial charge in [0.05, 0.1) is 0 Å². The van der Waals surface area contributed by atoms with Crippen LogP contribution in [0.25, 0.3) is 0 Å². The number of hydrogen-bond acceptors (Lipinski definition) is 3. The van der Waals surface area contributed by atoms with E-state index in [0.717, 1.165) is 0 Å². The Morgan fingerprint density at radius 1 is 1.47 bits per heavy atom. The van der Waals surface area contributed by atoms with E-state index in [1.807, 2.05) is 0 Å². The third kappa shape index (κ3) is 2.49. The van der Waals surface area contributed by atoms with Crippen LogP contribution in [0.15, 0.2) is 30.9 Å². The fourth-order valence-electron chi connectivity index (χ4n) is 1.15. The number of carbonyl (C=O) groups is 1. The van der Waals surface area contributed by atoms with E-state index in [9.17, 15) is 9.90 Å². The topological polar surface area (TPSA) is 60.8 Å². The Kier molecular flexibility index (Phi) is 3.33. The number of phenolic OH excluding ortho intramolecular Hbond substituents is 2. The van der Waals surface area contributed by atoms with Crippen LogP contribution in [0.3, 0.4) is 0 Å². The van der Waals surface area contributed by atoms with Crippen molar-refractivity contribution in [1.82, 2.24) is 4.90 Å². The lowest BCUT2D eigenvalue weighted by molar-refractivity contribution is 0.0810. The SMILES string of the molecule is C=CCN(C)C(=O)c1ccc(O)c(O)c1. The molecule has 0 atom stereocenters. The number of nitrogens with zero attached hydrogens (tertiary/aromatic N) is 1. The summed E-state index contributed by atoms with van der Waals surface area (Å²) in [5, 5.41) is 18.3. The smallest absolute Gasteiger partial charge is 0.254 e. The van der Waals surface area contributed by atoms with Gasteiger partial charge < -0.3 is 15.1 Å². The Hall–Kier alpha value is -1.97. The fraction of sp³-hybridized carbons (Fsp3) is 0.182. The number of phenols is 2. The van der Waals surface area contributed by atoms with Gasteiger partial charge in [-0.05, 0) is 18.2 Å². The molecule has 4 heteroatoms. The Morgan fingerprint density at radius 3 is 2.67 bits per heavy atom. The largest absolute Gasteiger partial charge is 0.504 e. The summed E-state index contributed by atoms with van der Waals surface area (Å²) in [4.78, 5) is 13.1. The van der Waals surface area contributed by atoms with E-state index in [4.69, 9.17) is 5.11 Å². The zero-order valence-corrected chi connectivity index (χ0v) is 8.47. The second-order valence-electron chi connectivity index (χ2n) is 3.18. The second kappa shape index (κ2) is 4.50. The molecule has 0 radical (unpaired) electrons. The molecule has 80 valence electrons. The first-order valence-corrected chi connectivity index (χ1v) is 4.44. The van der Waals surface area contributed by atoms with Crippen molar-refractivity contribution in [2.75, 3.05) is 13.6 Å². The van der Waals surface area contributed by atoms with Crippen molar-refractivity contribution in [1.29, 1.82) is 0 Å². The number of benzene rings is 1. The molecule has 0 aliphatic carbocycles.